The van der Waals surface area contributed by atoms with E-state index in [-0.39, 0.29) is 6.61 Å². The largest absolute Gasteiger partial charge is 0.489 e. The maximum Gasteiger partial charge on any atom is 0.122 e. The summed E-state index contributed by atoms with van der Waals surface area (Å²) in [6, 6.07) is 12.1. The first kappa shape index (κ1) is 15.2. The molecule has 1 N–H and O–H groups in total. The average Bonchev–Trinajstić information content (AvgIpc) is 2.46. The van der Waals surface area contributed by atoms with Crippen molar-refractivity contribution in [2.45, 2.75) is 27.4 Å². The lowest BCUT2D eigenvalue weighted by Gasteiger charge is -2.13. The highest BCUT2D eigenvalue weighted by molar-refractivity contribution is 5.44. The number of ether oxygens (including phenoxy) is 1. The van der Waals surface area contributed by atoms with Gasteiger partial charge in [0.05, 0.1) is 0 Å². The van der Waals surface area contributed by atoms with E-state index in [0.717, 1.165) is 16.9 Å². The second-order valence-corrected chi connectivity index (χ2v) is 5.10. The van der Waals surface area contributed by atoms with Crippen LogP contribution in [0.15, 0.2) is 36.4 Å². The van der Waals surface area contributed by atoms with Crippen LogP contribution in [0, 0.1) is 32.6 Å². The average molecular weight is 280 g/mol. The van der Waals surface area contributed by atoms with Crippen molar-refractivity contribution in [3.8, 4) is 17.6 Å². The van der Waals surface area contributed by atoms with Gasteiger partial charge in [0.25, 0.3) is 0 Å². The molecule has 0 aliphatic heterocycles. The highest BCUT2D eigenvalue weighted by atomic mass is 16.5. The lowest BCUT2D eigenvalue weighted by Crippen LogP contribution is -2.01. The van der Waals surface area contributed by atoms with E-state index in [1.54, 1.807) is 0 Å². The SMILES string of the molecule is Cc1cc(C#CCO)ccc1OCc1c(C)cccc1C. The van der Waals surface area contributed by atoms with Crippen LogP contribution in [0.4, 0.5) is 0 Å². The molecule has 0 radical (unpaired) electrons. The van der Waals surface area contributed by atoms with Gasteiger partial charge in [0.1, 0.15) is 19.0 Å². The fourth-order valence-corrected chi connectivity index (χ4v) is 2.26. The van der Waals surface area contributed by atoms with Gasteiger partial charge in [-0.2, -0.15) is 0 Å². The van der Waals surface area contributed by atoms with Crippen LogP contribution in [0.3, 0.4) is 0 Å². The summed E-state index contributed by atoms with van der Waals surface area (Å²) in [7, 11) is 0. The number of benzene rings is 2. The van der Waals surface area contributed by atoms with E-state index in [1.807, 2.05) is 25.1 Å². The van der Waals surface area contributed by atoms with Crippen LogP contribution < -0.4 is 4.74 Å². The summed E-state index contributed by atoms with van der Waals surface area (Å²) in [5.41, 5.74) is 5.67. The van der Waals surface area contributed by atoms with Crippen molar-refractivity contribution in [3.05, 3.63) is 64.2 Å². The highest BCUT2D eigenvalue weighted by Crippen LogP contribution is 2.22. The molecule has 108 valence electrons. The van der Waals surface area contributed by atoms with Crippen molar-refractivity contribution in [2.75, 3.05) is 6.61 Å². The number of aliphatic hydroxyl groups is 1. The predicted molar refractivity (Wildman–Crippen MR) is 85.4 cm³/mol. The fourth-order valence-electron chi connectivity index (χ4n) is 2.26. The Labute approximate surface area is 126 Å². The van der Waals surface area contributed by atoms with E-state index in [0.29, 0.717) is 6.61 Å². The zero-order valence-electron chi connectivity index (χ0n) is 12.7. The standard InChI is InChI=1S/C19H20O2/c1-14-6-4-7-15(2)18(14)13-21-19-10-9-17(8-5-11-20)12-16(19)3/h4,6-7,9-10,12,20H,11,13H2,1-3H3. The van der Waals surface area contributed by atoms with Gasteiger partial charge in [-0.15, -0.1) is 0 Å². The Bertz CT molecular complexity index is 670. The van der Waals surface area contributed by atoms with Gasteiger partial charge in [-0.25, -0.2) is 0 Å². The van der Waals surface area contributed by atoms with E-state index in [4.69, 9.17) is 9.84 Å². The molecule has 2 aromatic carbocycles. The number of aliphatic hydroxyl groups excluding tert-OH is 1. The summed E-state index contributed by atoms with van der Waals surface area (Å²) >= 11 is 0. The lowest BCUT2D eigenvalue weighted by molar-refractivity contribution is 0.302. The minimum Gasteiger partial charge on any atom is -0.489 e. The van der Waals surface area contributed by atoms with Gasteiger partial charge in [0, 0.05) is 5.56 Å². The second-order valence-electron chi connectivity index (χ2n) is 5.10. The molecule has 0 saturated carbocycles. The Morgan fingerprint density at radius 2 is 1.71 bits per heavy atom. The van der Waals surface area contributed by atoms with Gasteiger partial charge in [0.15, 0.2) is 0 Å². The van der Waals surface area contributed by atoms with Gasteiger partial charge in [0.2, 0.25) is 0 Å². The maximum atomic E-state index is 8.72. The molecule has 0 saturated heterocycles. The summed E-state index contributed by atoms with van der Waals surface area (Å²) in [5.74, 6) is 6.42. The van der Waals surface area contributed by atoms with E-state index in [9.17, 15) is 0 Å². The third-order valence-corrected chi connectivity index (χ3v) is 3.50. The molecule has 2 heteroatoms. The van der Waals surface area contributed by atoms with Crippen molar-refractivity contribution in [1.82, 2.24) is 0 Å². The molecule has 0 fully saturated rings. The molecular formula is C19H20O2. The molecule has 0 bridgehead atoms. The molecule has 2 nitrogen and oxygen atoms in total. The number of rotatable bonds is 3. The van der Waals surface area contributed by atoms with Crippen molar-refractivity contribution < 1.29 is 9.84 Å². The fraction of sp³-hybridized carbons (Fsp3) is 0.263. The summed E-state index contributed by atoms with van der Waals surface area (Å²) in [6.45, 7) is 6.66. The monoisotopic (exact) mass is 280 g/mol. The van der Waals surface area contributed by atoms with Gasteiger partial charge in [-0.05, 0) is 61.2 Å². The molecule has 0 atom stereocenters. The minimum absolute atomic E-state index is 0.121. The molecule has 0 amide bonds. The van der Waals surface area contributed by atoms with E-state index < -0.39 is 0 Å². The summed E-state index contributed by atoms with van der Waals surface area (Å²) in [5, 5.41) is 8.72. The third kappa shape index (κ3) is 3.87. The van der Waals surface area contributed by atoms with E-state index in [2.05, 4.69) is 43.9 Å². The molecular weight excluding hydrogens is 260 g/mol. The Kier molecular flexibility index (Phi) is 5.03. The van der Waals surface area contributed by atoms with Crippen LogP contribution in [0.25, 0.3) is 0 Å². The molecule has 0 aromatic heterocycles. The van der Waals surface area contributed by atoms with E-state index in [1.165, 1.54) is 16.7 Å². The molecule has 2 rings (SSSR count). The van der Waals surface area contributed by atoms with E-state index >= 15 is 0 Å². The predicted octanol–water partition coefficient (Wildman–Crippen LogP) is 3.53. The first-order valence-corrected chi connectivity index (χ1v) is 7.00. The molecule has 0 unspecified atom stereocenters. The first-order chi connectivity index (χ1) is 10.1. The second kappa shape index (κ2) is 6.97. The Balaban J connectivity index is 2.14. The molecule has 0 spiro atoms. The first-order valence-electron chi connectivity index (χ1n) is 7.00. The zero-order valence-corrected chi connectivity index (χ0v) is 12.7. The lowest BCUT2D eigenvalue weighted by atomic mass is 10.0. The van der Waals surface area contributed by atoms with Crippen LogP contribution >= 0.6 is 0 Å². The number of aryl methyl sites for hydroxylation is 3. The van der Waals surface area contributed by atoms with Gasteiger partial charge < -0.3 is 9.84 Å². The van der Waals surface area contributed by atoms with Gasteiger partial charge in [-0.1, -0.05) is 30.0 Å². The van der Waals surface area contributed by atoms with Gasteiger partial charge in [-0.3, -0.25) is 0 Å². The molecule has 0 aliphatic carbocycles. The van der Waals surface area contributed by atoms with Crippen molar-refractivity contribution >= 4 is 0 Å². The van der Waals surface area contributed by atoms with Crippen LogP contribution in [0.2, 0.25) is 0 Å². The zero-order chi connectivity index (χ0) is 15.2. The number of hydrogen-bond donors (Lipinski definition) is 1. The Hall–Kier alpha value is -2.24. The summed E-state index contributed by atoms with van der Waals surface area (Å²) in [4.78, 5) is 0. The van der Waals surface area contributed by atoms with Crippen LogP contribution in [0.1, 0.15) is 27.8 Å². The maximum absolute atomic E-state index is 8.72. The van der Waals surface area contributed by atoms with Crippen LogP contribution in [-0.2, 0) is 6.61 Å². The summed E-state index contributed by atoms with van der Waals surface area (Å²) in [6.07, 6.45) is 0. The van der Waals surface area contributed by atoms with Crippen molar-refractivity contribution in [2.24, 2.45) is 0 Å². The van der Waals surface area contributed by atoms with Crippen LogP contribution in [0.5, 0.6) is 5.75 Å². The van der Waals surface area contributed by atoms with Crippen molar-refractivity contribution in [1.29, 1.82) is 0 Å². The molecule has 0 heterocycles. The van der Waals surface area contributed by atoms with Crippen LogP contribution in [-0.4, -0.2) is 11.7 Å². The van der Waals surface area contributed by atoms with Gasteiger partial charge >= 0.3 is 0 Å². The topological polar surface area (TPSA) is 29.5 Å². The smallest absolute Gasteiger partial charge is 0.122 e. The Morgan fingerprint density at radius 1 is 1.00 bits per heavy atom. The van der Waals surface area contributed by atoms with Crippen molar-refractivity contribution in [3.63, 3.8) is 0 Å². The third-order valence-electron chi connectivity index (χ3n) is 3.50. The quantitative estimate of drug-likeness (QED) is 0.871. The molecule has 0 aliphatic rings. The normalized spacial score (nSPS) is 9.90. The number of hydrogen-bond acceptors (Lipinski definition) is 2. The molecule has 2 aromatic rings. The molecule has 21 heavy (non-hydrogen) atoms. The highest BCUT2D eigenvalue weighted by Gasteiger charge is 2.05. The summed E-state index contributed by atoms with van der Waals surface area (Å²) < 4.78 is 5.95. The Morgan fingerprint density at radius 3 is 2.33 bits per heavy atom. The minimum atomic E-state index is -0.121.